The van der Waals surface area contributed by atoms with Crippen LogP contribution in [0.2, 0.25) is 0 Å². The Hall–Kier alpha value is -1.22. The number of hydrogen-bond acceptors (Lipinski definition) is 3. The van der Waals surface area contributed by atoms with E-state index in [1.807, 2.05) is 0 Å². The third kappa shape index (κ3) is 3.39. The van der Waals surface area contributed by atoms with Gasteiger partial charge in [-0.2, -0.15) is 0 Å². The molecule has 1 heterocycles. The highest BCUT2D eigenvalue weighted by Crippen LogP contribution is 2.27. The molecule has 1 atom stereocenters. The quantitative estimate of drug-likeness (QED) is 0.866. The Labute approximate surface area is 110 Å². The van der Waals surface area contributed by atoms with Crippen LogP contribution in [0.1, 0.15) is 26.7 Å². The van der Waals surface area contributed by atoms with E-state index in [9.17, 15) is 0 Å². The van der Waals surface area contributed by atoms with Crippen LogP contribution in [0.25, 0.3) is 0 Å². The van der Waals surface area contributed by atoms with Gasteiger partial charge in [0.2, 0.25) is 0 Å². The van der Waals surface area contributed by atoms with Gasteiger partial charge in [-0.05, 0) is 25.5 Å². The molecule has 3 heteroatoms. The standard InChI is InChI=1S/C15H24N2O/c1-3-6-13(2)16-14-7-4-5-8-15(14)17-9-11-18-12-10-17/h4-5,7-8,13,16H,3,6,9-12H2,1-2H3. The number of morpholine rings is 1. The molecule has 1 fully saturated rings. The molecule has 0 aliphatic carbocycles. The summed E-state index contributed by atoms with van der Waals surface area (Å²) in [7, 11) is 0. The lowest BCUT2D eigenvalue weighted by Gasteiger charge is -2.31. The molecule has 2 rings (SSSR count). The number of hydrogen-bond donors (Lipinski definition) is 1. The molecule has 1 aromatic rings. The SMILES string of the molecule is CCCC(C)Nc1ccccc1N1CCOCC1. The predicted molar refractivity (Wildman–Crippen MR) is 77.5 cm³/mol. The molecule has 0 saturated carbocycles. The molecule has 1 saturated heterocycles. The summed E-state index contributed by atoms with van der Waals surface area (Å²) in [5, 5.41) is 3.63. The Bertz CT molecular complexity index is 361. The average Bonchev–Trinajstić information content (AvgIpc) is 2.40. The van der Waals surface area contributed by atoms with E-state index in [1.54, 1.807) is 0 Å². The second-order valence-corrected chi connectivity index (χ2v) is 4.95. The Balaban J connectivity index is 2.09. The lowest BCUT2D eigenvalue weighted by atomic mass is 10.1. The van der Waals surface area contributed by atoms with Crippen molar-refractivity contribution in [3.8, 4) is 0 Å². The lowest BCUT2D eigenvalue weighted by Crippen LogP contribution is -2.36. The van der Waals surface area contributed by atoms with Gasteiger partial charge in [0, 0.05) is 19.1 Å². The fraction of sp³-hybridized carbons (Fsp3) is 0.600. The Kier molecular flexibility index (Phi) is 4.88. The highest BCUT2D eigenvalue weighted by atomic mass is 16.5. The van der Waals surface area contributed by atoms with E-state index >= 15 is 0 Å². The largest absolute Gasteiger partial charge is 0.381 e. The molecular formula is C15H24N2O. The zero-order chi connectivity index (χ0) is 12.8. The molecule has 0 aromatic heterocycles. The van der Waals surface area contributed by atoms with Crippen molar-refractivity contribution in [3.63, 3.8) is 0 Å². The molecule has 1 N–H and O–H groups in total. The molecule has 0 spiro atoms. The maximum absolute atomic E-state index is 5.42. The van der Waals surface area contributed by atoms with Gasteiger partial charge in [0.05, 0.1) is 24.6 Å². The molecule has 18 heavy (non-hydrogen) atoms. The minimum Gasteiger partial charge on any atom is -0.381 e. The number of nitrogens with zero attached hydrogens (tertiary/aromatic N) is 1. The molecule has 1 aromatic carbocycles. The van der Waals surface area contributed by atoms with Gasteiger partial charge in [0.1, 0.15) is 0 Å². The van der Waals surface area contributed by atoms with Gasteiger partial charge in [0.15, 0.2) is 0 Å². The third-order valence-electron chi connectivity index (χ3n) is 3.38. The van der Waals surface area contributed by atoms with E-state index in [-0.39, 0.29) is 0 Å². The maximum Gasteiger partial charge on any atom is 0.0642 e. The minimum absolute atomic E-state index is 0.525. The fourth-order valence-electron chi connectivity index (χ4n) is 2.45. The van der Waals surface area contributed by atoms with E-state index in [4.69, 9.17) is 4.74 Å². The van der Waals surface area contributed by atoms with Crippen LogP contribution in [-0.4, -0.2) is 32.3 Å². The Morgan fingerprint density at radius 2 is 2.00 bits per heavy atom. The van der Waals surface area contributed by atoms with Crippen molar-refractivity contribution < 1.29 is 4.74 Å². The van der Waals surface area contributed by atoms with Gasteiger partial charge in [-0.15, -0.1) is 0 Å². The van der Waals surface area contributed by atoms with Crippen LogP contribution in [0.15, 0.2) is 24.3 Å². The van der Waals surface area contributed by atoms with Gasteiger partial charge in [-0.1, -0.05) is 25.5 Å². The van der Waals surface area contributed by atoms with Crippen molar-refractivity contribution in [3.05, 3.63) is 24.3 Å². The molecule has 0 amide bonds. The first kappa shape index (κ1) is 13.2. The molecule has 1 aliphatic heterocycles. The summed E-state index contributed by atoms with van der Waals surface area (Å²) in [6.07, 6.45) is 2.42. The molecule has 1 aliphatic rings. The second-order valence-electron chi connectivity index (χ2n) is 4.95. The number of ether oxygens (including phenoxy) is 1. The van der Waals surface area contributed by atoms with Crippen LogP contribution in [0.4, 0.5) is 11.4 Å². The van der Waals surface area contributed by atoms with E-state index in [2.05, 4.69) is 48.3 Å². The van der Waals surface area contributed by atoms with Crippen molar-refractivity contribution in [1.29, 1.82) is 0 Å². The highest BCUT2D eigenvalue weighted by molar-refractivity contribution is 5.70. The van der Waals surface area contributed by atoms with E-state index in [0.717, 1.165) is 26.3 Å². The van der Waals surface area contributed by atoms with Crippen LogP contribution in [0, 0.1) is 0 Å². The van der Waals surface area contributed by atoms with Crippen molar-refractivity contribution in [1.82, 2.24) is 0 Å². The summed E-state index contributed by atoms with van der Waals surface area (Å²) >= 11 is 0. The summed E-state index contributed by atoms with van der Waals surface area (Å²) in [5.74, 6) is 0. The highest BCUT2D eigenvalue weighted by Gasteiger charge is 2.14. The second kappa shape index (κ2) is 6.64. The maximum atomic E-state index is 5.42. The summed E-state index contributed by atoms with van der Waals surface area (Å²) in [5.41, 5.74) is 2.56. The van der Waals surface area contributed by atoms with E-state index in [0.29, 0.717) is 6.04 Å². The van der Waals surface area contributed by atoms with Crippen LogP contribution in [0.5, 0.6) is 0 Å². The normalized spacial score (nSPS) is 17.6. The molecule has 0 radical (unpaired) electrons. The molecule has 1 unspecified atom stereocenters. The van der Waals surface area contributed by atoms with Crippen LogP contribution in [0.3, 0.4) is 0 Å². The first-order valence-corrected chi connectivity index (χ1v) is 6.99. The van der Waals surface area contributed by atoms with Gasteiger partial charge in [-0.3, -0.25) is 0 Å². The lowest BCUT2D eigenvalue weighted by molar-refractivity contribution is 0.123. The van der Waals surface area contributed by atoms with Crippen molar-refractivity contribution in [2.24, 2.45) is 0 Å². The summed E-state index contributed by atoms with van der Waals surface area (Å²) in [6.45, 7) is 8.12. The third-order valence-corrected chi connectivity index (χ3v) is 3.38. The minimum atomic E-state index is 0.525. The number of nitrogens with one attached hydrogen (secondary N) is 1. The summed E-state index contributed by atoms with van der Waals surface area (Å²) in [4.78, 5) is 2.41. The predicted octanol–water partition coefficient (Wildman–Crippen LogP) is 3.12. The first-order chi connectivity index (χ1) is 8.81. The van der Waals surface area contributed by atoms with Crippen molar-refractivity contribution in [2.75, 3.05) is 36.5 Å². The van der Waals surface area contributed by atoms with Crippen LogP contribution < -0.4 is 10.2 Å². The molecular weight excluding hydrogens is 224 g/mol. The van der Waals surface area contributed by atoms with Gasteiger partial charge >= 0.3 is 0 Å². The topological polar surface area (TPSA) is 24.5 Å². The number of para-hydroxylation sites is 2. The van der Waals surface area contributed by atoms with Crippen LogP contribution >= 0.6 is 0 Å². The number of rotatable bonds is 5. The number of benzene rings is 1. The van der Waals surface area contributed by atoms with Gasteiger partial charge in [0.25, 0.3) is 0 Å². The van der Waals surface area contributed by atoms with Gasteiger partial charge < -0.3 is 15.0 Å². The molecule has 3 nitrogen and oxygen atoms in total. The van der Waals surface area contributed by atoms with Crippen molar-refractivity contribution >= 4 is 11.4 Å². The number of anilines is 2. The summed E-state index contributed by atoms with van der Waals surface area (Å²) in [6, 6.07) is 9.12. The Morgan fingerprint density at radius 3 is 2.72 bits per heavy atom. The monoisotopic (exact) mass is 248 g/mol. The summed E-state index contributed by atoms with van der Waals surface area (Å²) < 4.78 is 5.42. The Morgan fingerprint density at radius 1 is 1.28 bits per heavy atom. The van der Waals surface area contributed by atoms with Crippen molar-refractivity contribution in [2.45, 2.75) is 32.7 Å². The van der Waals surface area contributed by atoms with E-state index in [1.165, 1.54) is 24.2 Å². The molecule has 0 bridgehead atoms. The van der Waals surface area contributed by atoms with Gasteiger partial charge in [-0.25, -0.2) is 0 Å². The fourth-order valence-corrected chi connectivity index (χ4v) is 2.45. The zero-order valence-corrected chi connectivity index (χ0v) is 11.5. The average molecular weight is 248 g/mol. The first-order valence-electron chi connectivity index (χ1n) is 6.99. The smallest absolute Gasteiger partial charge is 0.0642 e. The van der Waals surface area contributed by atoms with Crippen LogP contribution in [-0.2, 0) is 4.74 Å². The van der Waals surface area contributed by atoms with E-state index < -0.39 is 0 Å². The molecule has 100 valence electrons. The zero-order valence-electron chi connectivity index (χ0n) is 11.5.